The van der Waals surface area contributed by atoms with Crippen LogP contribution >= 0.6 is 11.8 Å². The van der Waals surface area contributed by atoms with Gasteiger partial charge in [-0.2, -0.15) is 0 Å². The van der Waals surface area contributed by atoms with E-state index in [9.17, 15) is 24.3 Å². The van der Waals surface area contributed by atoms with E-state index in [1.165, 1.54) is 0 Å². The Bertz CT molecular complexity index is 909. The van der Waals surface area contributed by atoms with E-state index >= 15 is 0 Å². The molecule has 33 heavy (non-hydrogen) atoms. The van der Waals surface area contributed by atoms with E-state index in [0.717, 1.165) is 0 Å². The summed E-state index contributed by atoms with van der Waals surface area (Å²) in [4.78, 5) is 52.9. The molecule has 2 heterocycles. The number of amides is 3. The Morgan fingerprint density at radius 2 is 1.88 bits per heavy atom. The Balaban J connectivity index is 1.86. The number of rotatable bonds is 7. The topological polar surface area (TPSA) is 128 Å². The molecule has 2 aliphatic heterocycles. The lowest BCUT2D eigenvalue weighted by Crippen LogP contribution is -2.58. The normalized spacial score (nSPS) is 26.0. The van der Waals surface area contributed by atoms with Crippen LogP contribution in [0, 0.1) is 5.41 Å². The summed E-state index contributed by atoms with van der Waals surface area (Å²) in [5.74, 6) is -1.61. The third-order valence-electron chi connectivity index (χ3n) is 6.36. The van der Waals surface area contributed by atoms with Crippen molar-refractivity contribution in [2.75, 3.05) is 12.8 Å². The highest BCUT2D eigenvalue weighted by atomic mass is 32.2. The molecule has 2 fully saturated rings. The monoisotopic (exact) mass is 476 g/mol. The molecule has 0 aromatic heterocycles. The maximum absolute atomic E-state index is 13.5. The van der Waals surface area contributed by atoms with Crippen molar-refractivity contribution in [3.63, 3.8) is 0 Å². The molecule has 10 heteroatoms. The van der Waals surface area contributed by atoms with E-state index in [0.29, 0.717) is 24.2 Å². The highest BCUT2D eigenvalue weighted by Crippen LogP contribution is 2.46. The number of nitrogens with zero attached hydrogens (tertiary/aromatic N) is 1. The van der Waals surface area contributed by atoms with Crippen molar-refractivity contribution in [2.24, 2.45) is 5.41 Å². The lowest BCUT2D eigenvalue weighted by molar-refractivity contribution is -0.146. The number of carboxylic acids is 1. The molecule has 0 bridgehead atoms. The Morgan fingerprint density at radius 3 is 2.48 bits per heavy atom. The number of hydrogen-bond donors (Lipinski definition) is 4. The van der Waals surface area contributed by atoms with Gasteiger partial charge < -0.3 is 26.0 Å². The van der Waals surface area contributed by atoms with E-state index in [-0.39, 0.29) is 17.2 Å². The molecule has 3 amide bonds. The second kappa shape index (κ2) is 10.1. The highest BCUT2D eigenvalue weighted by molar-refractivity contribution is 7.99. The average molecular weight is 477 g/mol. The van der Waals surface area contributed by atoms with Crippen LogP contribution in [0.1, 0.15) is 45.2 Å². The molecule has 0 saturated carbocycles. The molecule has 2 aliphatic rings. The predicted octanol–water partition coefficient (Wildman–Crippen LogP) is 1.11. The maximum atomic E-state index is 13.5. The Kier molecular flexibility index (Phi) is 7.69. The smallest absolute Gasteiger partial charge is 0.330 e. The summed E-state index contributed by atoms with van der Waals surface area (Å²) in [5.41, 5.74) is -0.116. The second-order valence-corrected chi connectivity index (χ2v) is 10.5. The van der Waals surface area contributed by atoms with Crippen molar-refractivity contribution in [1.82, 2.24) is 20.9 Å². The number of carbonyl (C=O) groups is 4. The van der Waals surface area contributed by atoms with Crippen LogP contribution in [0.4, 0.5) is 0 Å². The minimum Gasteiger partial charge on any atom is -0.479 e. The molecule has 5 atom stereocenters. The van der Waals surface area contributed by atoms with Crippen molar-refractivity contribution in [1.29, 1.82) is 0 Å². The van der Waals surface area contributed by atoms with Gasteiger partial charge in [-0.3, -0.25) is 14.4 Å². The van der Waals surface area contributed by atoms with Gasteiger partial charge in [0.15, 0.2) is 6.04 Å². The third-order valence-corrected chi connectivity index (χ3v) is 7.61. The van der Waals surface area contributed by atoms with Gasteiger partial charge in [0.25, 0.3) is 0 Å². The average Bonchev–Trinajstić information content (AvgIpc) is 2.97. The predicted molar refractivity (Wildman–Crippen MR) is 125 cm³/mol. The SMILES string of the molecule is CN[C@@H](C)C(=O)N[C@H]1CCS[C@H]2CC(C)(C)[C@@H](C(=O)NC(C(=O)O)c3ccccc3)N2C1=O. The number of carbonyl (C=O) groups excluding carboxylic acids is 3. The summed E-state index contributed by atoms with van der Waals surface area (Å²) >= 11 is 1.59. The van der Waals surface area contributed by atoms with Gasteiger partial charge in [0.2, 0.25) is 17.7 Å². The third kappa shape index (κ3) is 5.33. The first-order valence-corrected chi connectivity index (χ1v) is 12.1. The van der Waals surface area contributed by atoms with E-state index in [1.807, 2.05) is 13.8 Å². The first-order chi connectivity index (χ1) is 15.6. The van der Waals surface area contributed by atoms with Crippen molar-refractivity contribution < 1.29 is 24.3 Å². The molecular weight excluding hydrogens is 444 g/mol. The van der Waals surface area contributed by atoms with Crippen LogP contribution in [0.3, 0.4) is 0 Å². The molecule has 3 rings (SSSR count). The first kappa shape index (κ1) is 25.0. The number of benzene rings is 1. The number of likely N-dealkylation sites (N-methyl/N-ethyl adjacent to an activating group) is 1. The van der Waals surface area contributed by atoms with Crippen LogP contribution in [-0.2, 0) is 19.2 Å². The van der Waals surface area contributed by atoms with Crippen LogP contribution in [0.25, 0.3) is 0 Å². The van der Waals surface area contributed by atoms with E-state index in [2.05, 4.69) is 16.0 Å². The minimum absolute atomic E-state index is 0.216. The lowest BCUT2D eigenvalue weighted by atomic mass is 9.83. The van der Waals surface area contributed by atoms with Gasteiger partial charge in [-0.15, -0.1) is 11.8 Å². The number of nitrogens with one attached hydrogen (secondary N) is 3. The summed E-state index contributed by atoms with van der Waals surface area (Å²) in [6.07, 6.45) is 1.06. The first-order valence-electron chi connectivity index (χ1n) is 11.1. The molecule has 9 nitrogen and oxygen atoms in total. The summed E-state index contributed by atoms with van der Waals surface area (Å²) < 4.78 is 0. The molecule has 2 saturated heterocycles. The quantitative estimate of drug-likeness (QED) is 0.464. The number of aliphatic carboxylic acids is 1. The van der Waals surface area contributed by atoms with E-state index in [4.69, 9.17) is 0 Å². The fourth-order valence-corrected chi connectivity index (χ4v) is 6.01. The van der Waals surface area contributed by atoms with Gasteiger partial charge in [0.1, 0.15) is 12.1 Å². The maximum Gasteiger partial charge on any atom is 0.330 e. The van der Waals surface area contributed by atoms with Crippen LogP contribution in [0.2, 0.25) is 0 Å². The Labute approximate surface area is 198 Å². The van der Waals surface area contributed by atoms with Crippen LogP contribution in [0.15, 0.2) is 30.3 Å². The standard InChI is InChI=1S/C23H32N4O5S/c1-13(24-4)19(28)25-15-10-11-33-16-12-23(2,3)18(27(16)21(15)30)20(29)26-17(22(31)32)14-8-6-5-7-9-14/h5-9,13,15-18,24H,10-12H2,1-4H3,(H,25,28)(H,26,29)(H,31,32)/t13-,15-,16-,17?,18+/m0/s1. The summed E-state index contributed by atoms with van der Waals surface area (Å²) in [6, 6.07) is 5.20. The van der Waals surface area contributed by atoms with Crippen LogP contribution in [0.5, 0.6) is 0 Å². The molecule has 0 aliphatic carbocycles. The fourth-order valence-electron chi connectivity index (χ4n) is 4.43. The van der Waals surface area contributed by atoms with E-state index in [1.54, 1.807) is 61.0 Å². The van der Waals surface area contributed by atoms with Crippen LogP contribution < -0.4 is 16.0 Å². The summed E-state index contributed by atoms with van der Waals surface area (Å²) in [5, 5.41) is 17.8. The number of hydrogen-bond acceptors (Lipinski definition) is 6. The molecule has 180 valence electrons. The van der Waals surface area contributed by atoms with E-state index < -0.39 is 41.5 Å². The summed E-state index contributed by atoms with van der Waals surface area (Å²) in [6.45, 7) is 5.53. The fraction of sp³-hybridized carbons (Fsp3) is 0.565. The zero-order chi connectivity index (χ0) is 24.3. The van der Waals surface area contributed by atoms with Crippen molar-refractivity contribution in [3.8, 4) is 0 Å². The highest BCUT2D eigenvalue weighted by Gasteiger charge is 2.54. The number of fused-ring (bicyclic) bond motifs is 1. The minimum atomic E-state index is -1.23. The van der Waals surface area contributed by atoms with Crippen LogP contribution in [-0.4, -0.2) is 70.0 Å². The Morgan fingerprint density at radius 1 is 1.21 bits per heavy atom. The molecule has 0 spiro atoms. The van der Waals surface area contributed by atoms with Gasteiger partial charge >= 0.3 is 5.97 Å². The second-order valence-electron chi connectivity index (χ2n) is 9.22. The van der Waals surface area contributed by atoms with Gasteiger partial charge in [-0.25, -0.2) is 4.79 Å². The van der Waals surface area contributed by atoms with Gasteiger partial charge in [-0.1, -0.05) is 44.2 Å². The molecule has 1 aromatic carbocycles. The zero-order valence-corrected chi connectivity index (χ0v) is 20.1. The molecule has 0 radical (unpaired) electrons. The zero-order valence-electron chi connectivity index (χ0n) is 19.3. The number of carboxylic acid groups (broad SMARTS) is 1. The van der Waals surface area contributed by atoms with Gasteiger partial charge in [0, 0.05) is 0 Å². The summed E-state index contributed by atoms with van der Waals surface area (Å²) in [7, 11) is 1.67. The molecule has 4 N–H and O–H groups in total. The molecular formula is C23H32N4O5S. The van der Waals surface area contributed by atoms with Crippen molar-refractivity contribution >= 4 is 35.5 Å². The molecule has 1 unspecified atom stereocenters. The largest absolute Gasteiger partial charge is 0.479 e. The van der Waals surface area contributed by atoms with Crippen molar-refractivity contribution in [2.45, 2.75) is 63.2 Å². The van der Waals surface area contributed by atoms with Gasteiger partial charge in [0.05, 0.1) is 11.4 Å². The van der Waals surface area contributed by atoms with Crippen molar-refractivity contribution in [3.05, 3.63) is 35.9 Å². The lowest BCUT2D eigenvalue weighted by Gasteiger charge is -2.34. The number of thioether (sulfide) groups is 1. The Hall–Kier alpha value is -2.59. The molecule has 1 aromatic rings. The van der Waals surface area contributed by atoms with Gasteiger partial charge in [-0.05, 0) is 43.5 Å².